The maximum atomic E-state index is 13.0. The van der Waals surface area contributed by atoms with Crippen LogP contribution in [0.3, 0.4) is 0 Å². The Balaban J connectivity index is 1.95. The molecule has 0 spiro atoms. The monoisotopic (exact) mass is 374 g/mol. The highest BCUT2D eigenvalue weighted by atomic mass is 32.2. The van der Waals surface area contributed by atoms with E-state index in [2.05, 4.69) is 19.9 Å². The summed E-state index contributed by atoms with van der Waals surface area (Å²) in [7, 11) is -3.73. The van der Waals surface area contributed by atoms with Gasteiger partial charge in [-0.15, -0.1) is 10.2 Å². The minimum absolute atomic E-state index is 0.214. The molecule has 0 radical (unpaired) electrons. The second-order valence-corrected chi connectivity index (χ2v) is 7.84. The lowest BCUT2D eigenvalue weighted by Crippen LogP contribution is -2.27. The van der Waals surface area contributed by atoms with E-state index in [0.717, 1.165) is 5.56 Å². The lowest BCUT2D eigenvalue weighted by molar-refractivity contribution is 0.511. The van der Waals surface area contributed by atoms with E-state index in [1.54, 1.807) is 13.8 Å². The molecule has 0 saturated carbocycles. The first-order valence-corrected chi connectivity index (χ1v) is 9.91. The van der Waals surface area contributed by atoms with Crippen LogP contribution in [0, 0.1) is 13.8 Å². The first-order valence-electron chi connectivity index (χ1n) is 8.42. The van der Waals surface area contributed by atoms with Crippen molar-refractivity contribution in [2.24, 2.45) is 0 Å². The van der Waals surface area contributed by atoms with Gasteiger partial charge >= 0.3 is 0 Å². The molecule has 138 valence electrons. The van der Waals surface area contributed by atoms with Gasteiger partial charge in [0.1, 0.15) is 10.6 Å². The number of nitrogens with one attached hydrogen (secondary N) is 2. The van der Waals surface area contributed by atoms with Gasteiger partial charge in [0.05, 0.1) is 0 Å². The van der Waals surface area contributed by atoms with E-state index in [4.69, 9.17) is 4.42 Å². The number of hydrogen-bond donors (Lipinski definition) is 2. The molecule has 0 aliphatic rings. The maximum Gasteiger partial charge on any atom is 0.264 e. The van der Waals surface area contributed by atoms with Crippen molar-refractivity contribution in [3.05, 3.63) is 53.0 Å². The summed E-state index contributed by atoms with van der Waals surface area (Å²) in [5, 5.41) is 7.94. The average molecular weight is 374 g/mol. The van der Waals surface area contributed by atoms with Crippen molar-refractivity contribution >= 4 is 10.0 Å². The van der Waals surface area contributed by atoms with Crippen molar-refractivity contribution in [3.63, 3.8) is 0 Å². The first-order chi connectivity index (χ1) is 12.3. The van der Waals surface area contributed by atoms with Crippen molar-refractivity contribution in [3.8, 4) is 11.6 Å². The lowest BCUT2D eigenvalue weighted by atomic mass is 10.1. The van der Waals surface area contributed by atoms with Crippen LogP contribution in [0.25, 0.3) is 11.6 Å². The van der Waals surface area contributed by atoms with Crippen LogP contribution in [0.2, 0.25) is 0 Å². The zero-order valence-corrected chi connectivity index (χ0v) is 16.0. The molecule has 2 heterocycles. The fourth-order valence-corrected chi connectivity index (χ4v) is 4.63. The molecule has 7 nitrogen and oxygen atoms in total. The molecule has 26 heavy (non-hydrogen) atoms. The Hall–Kier alpha value is -2.45. The maximum absolute atomic E-state index is 13.0. The Bertz CT molecular complexity index is 1010. The van der Waals surface area contributed by atoms with Crippen molar-refractivity contribution in [1.29, 1.82) is 0 Å². The summed E-state index contributed by atoms with van der Waals surface area (Å²) >= 11 is 0. The molecule has 2 N–H and O–H groups in total. The van der Waals surface area contributed by atoms with Crippen molar-refractivity contribution in [2.45, 2.75) is 45.1 Å². The predicted molar refractivity (Wildman–Crippen MR) is 98.1 cm³/mol. The number of aromatic amines is 1. The van der Waals surface area contributed by atoms with Gasteiger partial charge < -0.3 is 9.40 Å². The summed E-state index contributed by atoms with van der Waals surface area (Å²) in [5.41, 5.74) is 2.51. The normalized spacial score (nSPS) is 13.1. The Morgan fingerprint density at radius 1 is 1.19 bits per heavy atom. The van der Waals surface area contributed by atoms with E-state index in [1.165, 1.54) is 0 Å². The zero-order chi connectivity index (χ0) is 18.9. The molecule has 1 aromatic carbocycles. The van der Waals surface area contributed by atoms with Gasteiger partial charge in [0.2, 0.25) is 15.9 Å². The van der Waals surface area contributed by atoms with Gasteiger partial charge in [0.15, 0.2) is 0 Å². The molecule has 0 aliphatic carbocycles. The number of rotatable bonds is 6. The number of benzene rings is 1. The average Bonchev–Trinajstić information content (AvgIpc) is 3.19. The number of aryl methyl sites for hydroxylation is 2. The van der Waals surface area contributed by atoms with Crippen LogP contribution < -0.4 is 4.72 Å². The molecule has 3 rings (SSSR count). The third-order valence-electron chi connectivity index (χ3n) is 4.25. The van der Waals surface area contributed by atoms with E-state index in [9.17, 15) is 8.42 Å². The van der Waals surface area contributed by atoms with Crippen LogP contribution in [0.4, 0.5) is 0 Å². The van der Waals surface area contributed by atoms with Crippen LogP contribution in [0.1, 0.15) is 42.6 Å². The summed E-state index contributed by atoms with van der Waals surface area (Å²) in [6, 6.07) is 9.08. The standard InChI is InChI=1S/C18H22N4O3S/c1-5-15-20-21-18(25-15)16-11(2)17(13(4)19-16)26(23,24)22-12(3)14-9-7-6-8-10-14/h6-10,12,19,22H,5H2,1-4H3/t12-/m1/s1. The van der Waals surface area contributed by atoms with E-state index in [0.29, 0.717) is 35.2 Å². The predicted octanol–water partition coefficient (Wildman–Crippen LogP) is 3.28. The van der Waals surface area contributed by atoms with Gasteiger partial charge in [-0.3, -0.25) is 0 Å². The third-order valence-corrected chi connectivity index (χ3v) is 6.07. The Morgan fingerprint density at radius 3 is 2.50 bits per heavy atom. The minimum Gasteiger partial charge on any atom is -0.419 e. The summed E-state index contributed by atoms with van der Waals surface area (Å²) in [5.74, 6) is 0.798. The largest absolute Gasteiger partial charge is 0.419 e. The van der Waals surface area contributed by atoms with Gasteiger partial charge in [0, 0.05) is 18.2 Å². The Kier molecular flexibility index (Phi) is 4.97. The summed E-state index contributed by atoms with van der Waals surface area (Å²) in [4.78, 5) is 3.28. The zero-order valence-electron chi connectivity index (χ0n) is 15.2. The van der Waals surface area contributed by atoms with Crippen molar-refractivity contribution < 1.29 is 12.8 Å². The number of aromatic nitrogens is 3. The molecule has 0 aliphatic heterocycles. The first kappa shape index (κ1) is 18.3. The summed E-state index contributed by atoms with van der Waals surface area (Å²) < 4.78 is 34.2. The quantitative estimate of drug-likeness (QED) is 0.689. The highest BCUT2D eigenvalue weighted by Crippen LogP contribution is 2.30. The molecule has 1 atom stereocenters. The third kappa shape index (κ3) is 3.42. The second-order valence-electron chi connectivity index (χ2n) is 6.19. The van der Waals surface area contributed by atoms with Crippen LogP contribution in [0.15, 0.2) is 39.6 Å². The molecule has 0 bridgehead atoms. The Labute approximate surface area is 152 Å². The number of hydrogen-bond acceptors (Lipinski definition) is 5. The van der Waals surface area contributed by atoms with Gasteiger partial charge in [-0.2, -0.15) is 0 Å². The fourth-order valence-electron chi connectivity index (χ4n) is 2.95. The van der Waals surface area contributed by atoms with Crippen molar-refractivity contribution in [2.75, 3.05) is 0 Å². The van der Waals surface area contributed by atoms with Crippen LogP contribution in [-0.4, -0.2) is 23.6 Å². The Morgan fingerprint density at radius 2 is 1.88 bits per heavy atom. The molecule has 2 aromatic heterocycles. The van der Waals surface area contributed by atoms with E-state index in [-0.39, 0.29) is 10.9 Å². The van der Waals surface area contributed by atoms with Crippen LogP contribution >= 0.6 is 0 Å². The van der Waals surface area contributed by atoms with E-state index >= 15 is 0 Å². The molecule has 8 heteroatoms. The highest BCUT2D eigenvalue weighted by molar-refractivity contribution is 7.89. The number of sulfonamides is 1. The molecule has 0 amide bonds. The molecule has 0 saturated heterocycles. The molecule has 0 fully saturated rings. The lowest BCUT2D eigenvalue weighted by Gasteiger charge is -2.15. The second kappa shape index (κ2) is 7.05. The van der Waals surface area contributed by atoms with E-state index < -0.39 is 10.0 Å². The topological polar surface area (TPSA) is 101 Å². The van der Waals surface area contributed by atoms with Gasteiger partial charge in [0.25, 0.3) is 5.89 Å². The SMILES string of the molecule is CCc1nnc(-c2[nH]c(C)c(S(=O)(=O)N[C@H](C)c3ccccc3)c2C)o1. The molecular formula is C18H22N4O3S. The molecule has 0 unspecified atom stereocenters. The fraction of sp³-hybridized carbons (Fsp3) is 0.333. The number of nitrogens with zero attached hydrogens (tertiary/aromatic N) is 2. The van der Waals surface area contributed by atoms with Gasteiger partial charge in [-0.05, 0) is 31.9 Å². The van der Waals surface area contributed by atoms with Crippen molar-refractivity contribution in [1.82, 2.24) is 19.9 Å². The minimum atomic E-state index is -3.73. The smallest absolute Gasteiger partial charge is 0.264 e. The molecular weight excluding hydrogens is 352 g/mol. The highest BCUT2D eigenvalue weighted by Gasteiger charge is 2.28. The van der Waals surface area contributed by atoms with Crippen LogP contribution in [0.5, 0.6) is 0 Å². The van der Waals surface area contributed by atoms with Gasteiger partial charge in [-0.1, -0.05) is 37.3 Å². The van der Waals surface area contributed by atoms with E-state index in [1.807, 2.05) is 44.2 Å². The number of H-pyrrole nitrogens is 1. The van der Waals surface area contributed by atoms with Gasteiger partial charge in [-0.25, -0.2) is 13.1 Å². The summed E-state index contributed by atoms with van der Waals surface area (Å²) in [6.45, 7) is 7.18. The van der Waals surface area contributed by atoms with Crippen LogP contribution in [-0.2, 0) is 16.4 Å². The molecule has 3 aromatic rings. The summed E-state index contributed by atoms with van der Waals surface area (Å²) in [6.07, 6.45) is 0.618.